The lowest BCUT2D eigenvalue weighted by atomic mass is 10.0. The first-order chi connectivity index (χ1) is 9.39. The first-order valence-corrected chi connectivity index (χ1v) is 6.05. The molecule has 1 N–H and O–H groups in total. The van der Waals surface area contributed by atoms with Crippen LogP contribution in [0.1, 0.15) is 47.1 Å². The predicted octanol–water partition coefficient (Wildman–Crippen LogP) is 3.44. The van der Waals surface area contributed by atoms with Crippen LogP contribution in [0.2, 0.25) is 0 Å². The smallest absolute Gasteiger partial charge is 0.393 e. The van der Waals surface area contributed by atoms with Gasteiger partial charge in [0.1, 0.15) is 5.60 Å². The fraction of sp³-hybridized carbons (Fsp3) is 0.429. The first-order valence-electron chi connectivity index (χ1n) is 6.05. The molecule has 4 nitrogen and oxygen atoms in total. The molecule has 1 aromatic rings. The van der Waals surface area contributed by atoms with Crippen molar-refractivity contribution in [2.24, 2.45) is 0 Å². The lowest BCUT2D eigenvalue weighted by Gasteiger charge is -2.20. The molecule has 0 spiro atoms. The Morgan fingerprint density at radius 2 is 1.71 bits per heavy atom. The van der Waals surface area contributed by atoms with Crippen molar-refractivity contribution in [1.29, 1.82) is 0 Å². The summed E-state index contributed by atoms with van der Waals surface area (Å²) in [6.07, 6.45) is -5.72. The van der Waals surface area contributed by atoms with E-state index in [0.29, 0.717) is 0 Å². The number of carboxylic acids is 1. The summed E-state index contributed by atoms with van der Waals surface area (Å²) in [4.78, 5) is 23.0. The van der Waals surface area contributed by atoms with Crippen molar-refractivity contribution in [3.8, 4) is 0 Å². The van der Waals surface area contributed by atoms with E-state index in [0.717, 1.165) is 18.2 Å². The van der Waals surface area contributed by atoms with Gasteiger partial charge < -0.3 is 9.84 Å². The molecule has 1 aromatic carbocycles. The van der Waals surface area contributed by atoms with Gasteiger partial charge in [-0.1, -0.05) is 6.07 Å². The average Bonchev–Trinajstić information content (AvgIpc) is 2.23. The van der Waals surface area contributed by atoms with Crippen molar-refractivity contribution in [3.63, 3.8) is 0 Å². The summed E-state index contributed by atoms with van der Waals surface area (Å²) >= 11 is 0. The maximum atomic E-state index is 12.3. The number of ether oxygens (including phenoxy) is 1. The number of alkyl halides is 3. The molecule has 0 fully saturated rings. The molecule has 21 heavy (non-hydrogen) atoms. The van der Waals surface area contributed by atoms with Crippen LogP contribution >= 0.6 is 0 Å². The number of benzene rings is 1. The van der Waals surface area contributed by atoms with Gasteiger partial charge in [0.25, 0.3) is 0 Å². The molecule has 0 unspecified atom stereocenters. The van der Waals surface area contributed by atoms with Crippen LogP contribution in [0, 0.1) is 0 Å². The fourth-order valence-electron chi connectivity index (χ4n) is 1.62. The van der Waals surface area contributed by atoms with Crippen LogP contribution in [0.4, 0.5) is 13.2 Å². The van der Waals surface area contributed by atoms with Crippen molar-refractivity contribution >= 4 is 11.9 Å². The monoisotopic (exact) mass is 304 g/mol. The Balaban J connectivity index is 3.17. The van der Waals surface area contributed by atoms with Gasteiger partial charge in [0.05, 0.1) is 17.5 Å². The van der Waals surface area contributed by atoms with E-state index < -0.39 is 35.7 Å². The van der Waals surface area contributed by atoms with Gasteiger partial charge in [0, 0.05) is 0 Å². The number of aromatic carboxylic acids is 1. The Kier molecular flexibility index (Phi) is 4.65. The molecule has 0 atom stereocenters. The minimum Gasteiger partial charge on any atom is -0.478 e. The Morgan fingerprint density at radius 1 is 1.14 bits per heavy atom. The van der Waals surface area contributed by atoms with Crippen LogP contribution < -0.4 is 0 Å². The van der Waals surface area contributed by atoms with Crippen LogP contribution in [0.25, 0.3) is 0 Å². The SMILES string of the molecule is CC(C)(C)OC(=O)c1ccc(CC(F)(F)F)cc1C(=O)O. The number of carboxylic acid groups (broad SMARTS) is 1. The average molecular weight is 304 g/mol. The maximum Gasteiger partial charge on any atom is 0.393 e. The van der Waals surface area contributed by atoms with Crippen molar-refractivity contribution in [2.75, 3.05) is 0 Å². The molecule has 0 aliphatic rings. The summed E-state index contributed by atoms with van der Waals surface area (Å²) in [5.41, 5.74) is -1.85. The van der Waals surface area contributed by atoms with Crippen LogP contribution in [0.5, 0.6) is 0 Å². The second-order valence-corrected chi connectivity index (χ2v) is 5.48. The second kappa shape index (κ2) is 5.75. The fourth-order valence-corrected chi connectivity index (χ4v) is 1.62. The van der Waals surface area contributed by atoms with E-state index >= 15 is 0 Å². The molecule has 0 aliphatic carbocycles. The lowest BCUT2D eigenvalue weighted by molar-refractivity contribution is -0.127. The van der Waals surface area contributed by atoms with Crippen LogP contribution in [-0.2, 0) is 11.2 Å². The van der Waals surface area contributed by atoms with E-state index in [1.165, 1.54) is 0 Å². The number of hydrogen-bond acceptors (Lipinski definition) is 3. The van der Waals surface area contributed by atoms with Gasteiger partial charge in [0.2, 0.25) is 0 Å². The van der Waals surface area contributed by atoms with E-state index in [2.05, 4.69) is 0 Å². The lowest BCUT2D eigenvalue weighted by Crippen LogP contribution is -2.25. The quantitative estimate of drug-likeness (QED) is 0.869. The summed E-state index contributed by atoms with van der Waals surface area (Å²) in [5.74, 6) is -2.38. The van der Waals surface area contributed by atoms with Gasteiger partial charge >= 0.3 is 18.1 Å². The Bertz CT molecular complexity index is 556. The number of rotatable bonds is 3. The van der Waals surface area contributed by atoms with Gasteiger partial charge in [-0.25, -0.2) is 9.59 Å². The molecule has 0 heterocycles. The predicted molar refractivity (Wildman–Crippen MR) is 68.3 cm³/mol. The van der Waals surface area contributed by atoms with E-state index in [1.54, 1.807) is 20.8 Å². The molecular weight excluding hydrogens is 289 g/mol. The number of esters is 1. The minimum absolute atomic E-state index is 0.229. The molecule has 0 aromatic heterocycles. The molecular formula is C14H15F3O4. The minimum atomic E-state index is -4.46. The highest BCUT2D eigenvalue weighted by atomic mass is 19.4. The summed E-state index contributed by atoms with van der Waals surface area (Å²) in [5, 5.41) is 9.05. The zero-order valence-electron chi connectivity index (χ0n) is 11.7. The molecule has 7 heteroatoms. The van der Waals surface area contributed by atoms with Crippen LogP contribution in [-0.4, -0.2) is 28.8 Å². The summed E-state index contributed by atoms with van der Waals surface area (Å²) < 4.78 is 42.0. The molecule has 116 valence electrons. The highest BCUT2D eigenvalue weighted by Crippen LogP contribution is 2.24. The van der Waals surface area contributed by atoms with Crippen molar-refractivity contribution in [3.05, 3.63) is 34.9 Å². The summed E-state index contributed by atoms with van der Waals surface area (Å²) in [6.45, 7) is 4.80. The largest absolute Gasteiger partial charge is 0.478 e. The third kappa shape index (κ3) is 5.45. The second-order valence-electron chi connectivity index (χ2n) is 5.48. The maximum absolute atomic E-state index is 12.3. The van der Waals surface area contributed by atoms with E-state index in [9.17, 15) is 22.8 Å². The molecule has 0 saturated carbocycles. The van der Waals surface area contributed by atoms with Gasteiger partial charge in [0.15, 0.2) is 0 Å². The molecule has 0 bridgehead atoms. The zero-order chi connectivity index (χ0) is 16.4. The Hall–Kier alpha value is -2.05. The number of carbonyl (C=O) groups excluding carboxylic acids is 1. The molecule has 0 radical (unpaired) electrons. The first kappa shape index (κ1) is 17.0. The Morgan fingerprint density at radius 3 is 2.14 bits per heavy atom. The van der Waals surface area contributed by atoms with Gasteiger partial charge in [-0.05, 0) is 38.5 Å². The molecule has 0 aliphatic heterocycles. The normalized spacial score (nSPS) is 12.1. The number of halogens is 3. The third-order valence-electron chi connectivity index (χ3n) is 2.34. The molecule has 0 amide bonds. The summed E-state index contributed by atoms with van der Waals surface area (Å²) in [7, 11) is 0. The number of hydrogen-bond donors (Lipinski definition) is 1. The van der Waals surface area contributed by atoms with Crippen LogP contribution in [0.15, 0.2) is 18.2 Å². The molecule has 1 rings (SSSR count). The zero-order valence-corrected chi connectivity index (χ0v) is 11.7. The van der Waals surface area contributed by atoms with E-state index in [-0.39, 0.29) is 11.1 Å². The van der Waals surface area contributed by atoms with Gasteiger partial charge in [-0.15, -0.1) is 0 Å². The van der Waals surface area contributed by atoms with Gasteiger partial charge in [-0.3, -0.25) is 0 Å². The Labute approximate surface area is 119 Å². The van der Waals surface area contributed by atoms with Crippen molar-refractivity contribution in [2.45, 2.75) is 39.0 Å². The van der Waals surface area contributed by atoms with E-state index in [1.807, 2.05) is 0 Å². The highest BCUT2D eigenvalue weighted by Gasteiger charge is 2.29. The van der Waals surface area contributed by atoms with Crippen molar-refractivity contribution < 1.29 is 32.6 Å². The van der Waals surface area contributed by atoms with E-state index in [4.69, 9.17) is 9.84 Å². The topological polar surface area (TPSA) is 63.6 Å². The van der Waals surface area contributed by atoms with Crippen molar-refractivity contribution in [1.82, 2.24) is 0 Å². The summed E-state index contributed by atoms with van der Waals surface area (Å²) in [6, 6.07) is 2.95. The molecule has 0 saturated heterocycles. The standard InChI is InChI=1S/C14H15F3O4/c1-13(2,3)21-12(20)9-5-4-8(7-14(15,16)17)6-10(9)11(18)19/h4-6H,7H2,1-3H3,(H,18,19). The highest BCUT2D eigenvalue weighted by molar-refractivity contribution is 6.02. The van der Waals surface area contributed by atoms with Crippen LogP contribution in [0.3, 0.4) is 0 Å². The number of carbonyl (C=O) groups is 2. The van der Waals surface area contributed by atoms with Gasteiger partial charge in [-0.2, -0.15) is 13.2 Å². The third-order valence-corrected chi connectivity index (χ3v) is 2.34.